The van der Waals surface area contributed by atoms with Crippen LogP contribution >= 0.6 is 11.6 Å². The number of hydrogen-bond donors (Lipinski definition) is 0. The molecule has 1 aliphatic rings. The van der Waals surface area contributed by atoms with Gasteiger partial charge in [0.05, 0.1) is 22.7 Å². The lowest BCUT2D eigenvalue weighted by Gasteiger charge is -2.27. The molecule has 0 atom stereocenters. The van der Waals surface area contributed by atoms with Crippen LogP contribution in [-0.4, -0.2) is 31.3 Å². The lowest BCUT2D eigenvalue weighted by Crippen LogP contribution is -2.30. The Morgan fingerprint density at radius 1 is 1.19 bits per heavy atom. The summed E-state index contributed by atoms with van der Waals surface area (Å²) in [5.41, 5.74) is 3.37. The molecule has 0 saturated heterocycles. The molecule has 5 rings (SSSR count). The Kier molecular flexibility index (Phi) is 5.38. The molecule has 1 aromatic carbocycles. The molecule has 8 nitrogen and oxygen atoms in total. The van der Waals surface area contributed by atoms with Crippen LogP contribution in [0.4, 0.5) is 5.69 Å². The summed E-state index contributed by atoms with van der Waals surface area (Å²) in [5, 5.41) is 11.7. The molecular formula is C23H18ClN5O3. The monoisotopic (exact) mass is 447 g/mol. The minimum atomic E-state index is -0.454. The second kappa shape index (κ2) is 8.49. The van der Waals surface area contributed by atoms with Gasteiger partial charge in [0, 0.05) is 60.3 Å². The zero-order chi connectivity index (χ0) is 22.1. The van der Waals surface area contributed by atoms with Crippen molar-refractivity contribution in [2.45, 2.75) is 19.5 Å². The van der Waals surface area contributed by atoms with Gasteiger partial charge in [0.25, 0.3) is 5.69 Å². The van der Waals surface area contributed by atoms with Gasteiger partial charge in [0.1, 0.15) is 11.5 Å². The molecule has 4 heterocycles. The molecule has 0 aliphatic carbocycles. The Morgan fingerprint density at radius 3 is 2.91 bits per heavy atom. The molecule has 0 radical (unpaired) electrons. The van der Waals surface area contributed by atoms with Crippen LogP contribution in [0.25, 0.3) is 22.7 Å². The third-order valence-corrected chi connectivity index (χ3v) is 5.63. The number of pyridine rings is 1. The van der Waals surface area contributed by atoms with Crippen molar-refractivity contribution in [2.24, 2.45) is 0 Å². The van der Waals surface area contributed by atoms with Crippen LogP contribution in [-0.2, 0) is 19.5 Å². The Hall–Kier alpha value is -3.62. The predicted octanol–water partition coefficient (Wildman–Crippen LogP) is 4.92. The summed E-state index contributed by atoms with van der Waals surface area (Å²) in [6.45, 7) is 2.12. The average molecular weight is 448 g/mol. The number of nitrogens with zero attached hydrogens (tertiary/aromatic N) is 5. The standard InChI is InChI=1S/C23H18ClN5O3/c24-17-3-5-19(21(10-17)29(30)31)22-6-4-18(32-22)14-28-9-7-20-16(13-28)12-26-23(27-20)15-2-1-8-25-11-15/h1-6,8,10-12H,7,9,13-14H2. The average Bonchev–Trinajstić information content (AvgIpc) is 3.27. The van der Waals surface area contributed by atoms with Crippen LogP contribution in [0.15, 0.2) is 65.5 Å². The molecule has 0 bridgehead atoms. The van der Waals surface area contributed by atoms with Crippen molar-refractivity contribution < 1.29 is 9.34 Å². The number of furan rings is 1. The molecule has 0 spiro atoms. The first-order valence-corrected chi connectivity index (χ1v) is 10.5. The first-order chi connectivity index (χ1) is 15.6. The maximum absolute atomic E-state index is 11.4. The number of aromatic nitrogens is 3. The highest BCUT2D eigenvalue weighted by molar-refractivity contribution is 6.30. The van der Waals surface area contributed by atoms with Gasteiger partial charge in [-0.3, -0.25) is 20.0 Å². The molecule has 0 N–H and O–H groups in total. The van der Waals surface area contributed by atoms with E-state index in [1.54, 1.807) is 30.6 Å². The molecule has 1 aliphatic heterocycles. The maximum atomic E-state index is 11.4. The molecule has 0 fully saturated rings. The highest BCUT2D eigenvalue weighted by Gasteiger charge is 2.22. The quantitative estimate of drug-likeness (QED) is 0.316. The van der Waals surface area contributed by atoms with Crippen molar-refractivity contribution in [2.75, 3.05) is 6.54 Å². The highest BCUT2D eigenvalue weighted by atomic mass is 35.5. The van der Waals surface area contributed by atoms with Gasteiger partial charge in [-0.25, -0.2) is 9.97 Å². The number of hydrogen-bond acceptors (Lipinski definition) is 7. The topological polar surface area (TPSA) is 98.2 Å². The lowest BCUT2D eigenvalue weighted by atomic mass is 10.1. The van der Waals surface area contributed by atoms with Gasteiger partial charge in [0.15, 0.2) is 5.82 Å². The summed E-state index contributed by atoms with van der Waals surface area (Å²) in [6, 6.07) is 12.0. The van der Waals surface area contributed by atoms with Gasteiger partial charge >= 0.3 is 0 Å². The number of nitro groups is 1. The first kappa shape index (κ1) is 20.3. The van der Waals surface area contributed by atoms with Crippen molar-refractivity contribution in [3.8, 4) is 22.7 Å². The van der Waals surface area contributed by atoms with Gasteiger partial charge in [-0.15, -0.1) is 0 Å². The van der Waals surface area contributed by atoms with Crippen molar-refractivity contribution in [1.82, 2.24) is 19.9 Å². The number of rotatable bonds is 5. The van der Waals surface area contributed by atoms with Gasteiger partial charge in [-0.1, -0.05) is 11.6 Å². The molecular weight excluding hydrogens is 430 g/mol. The van der Waals surface area contributed by atoms with E-state index in [1.165, 1.54) is 6.07 Å². The summed E-state index contributed by atoms with van der Waals surface area (Å²) in [5.74, 6) is 1.87. The smallest absolute Gasteiger partial charge is 0.281 e. The minimum Gasteiger partial charge on any atom is -0.459 e. The van der Waals surface area contributed by atoms with Crippen molar-refractivity contribution in [3.63, 3.8) is 0 Å². The normalized spacial score (nSPS) is 13.7. The zero-order valence-corrected chi connectivity index (χ0v) is 17.7. The van der Waals surface area contributed by atoms with Crippen LogP contribution in [0, 0.1) is 10.1 Å². The van der Waals surface area contributed by atoms with E-state index in [2.05, 4.69) is 14.9 Å². The van der Waals surface area contributed by atoms with E-state index < -0.39 is 4.92 Å². The first-order valence-electron chi connectivity index (χ1n) is 10.1. The second-order valence-electron chi connectivity index (χ2n) is 7.55. The summed E-state index contributed by atoms with van der Waals surface area (Å²) in [6.07, 6.45) is 6.17. The fourth-order valence-corrected chi connectivity index (χ4v) is 4.00. The molecule has 9 heteroatoms. The minimum absolute atomic E-state index is 0.0770. The van der Waals surface area contributed by atoms with Crippen molar-refractivity contribution in [1.29, 1.82) is 0 Å². The highest BCUT2D eigenvalue weighted by Crippen LogP contribution is 2.34. The summed E-state index contributed by atoms with van der Waals surface area (Å²) in [7, 11) is 0. The van der Waals surface area contributed by atoms with E-state index in [0.29, 0.717) is 35.3 Å². The Labute approximate surface area is 188 Å². The van der Waals surface area contributed by atoms with Gasteiger partial charge < -0.3 is 4.42 Å². The summed E-state index contributed by atoms with van der Waals surface area (Å²) < 4.78 is 5.94. The van der Waals surface area contributed by atoms with Crippen LogP contribution in [0.5, 0.6) is 0 Å². The van der Waals surface area contributed by atoms with Crippen molar-refractivity contribution in [3.05, 3.63) is 93.2 Å². The summed E-state index contributed by atoms with van der Waals surface area (Å²) >= 11 is 5.91. The van der Waals surface area contributed by atoms with Crippen molar-refractivity contribution >= 4 is 17.3 Å². The van der Waals surface area contributed by atoms with E-state index in [0.717, 1.165) is 35.5 Å². The molecule has 3 aromatic heterocycles. The second-order valence-corrected chi connectivity index (χ2v) is 7.99. The largest absolute Gasteiger partial charge is 0.459 e. The molecule has 0 saturated carbocycles. The molecule has 0 unspecified atom stereocenters. The molecule has 160 valence electrons. The number of fused-ring (bicyclic) bond motifs is 1. The number of halogens is 1. The molecule has 0 amide bonds. The van der Waals surface area contributed by atoms with Gasteiger partial charge in [-0.2, -0.15) is 0 Å². The number of nitro benzene ring substituents is 1. The van der Waals surface area contributed by atoms with E-state index in [4.69, 9.17) is 21.0 Å². The van der Waals surface area contributed by atoms with Crippen LogP contribution < -0.4 is 0 Å². The predicted molar refractivity (Wildman–Crippen MR) is 119 cm³/mol. The van der Waals surface area contributed by atoms with E-state index in [9.17, 15) is 10.1 Å². The van der Waals surface area contributed by atoms with E-state index >= 15 is 0 Å². The van der Waals surface area contributed by atoms with Crippen LogP contribution in [0.1, 0.15) is 17.0 Å². The molecule has 4 aromatic rings. The SMILES string of the molecule is O=[N+]([O-])c1cc(Cl)ccc1-c1ccc(CN2CCc3nc(-c4cccnc4)ncc3C2)o1. The molecule has 32 heavy (non-hydrogen) atoms. The van der Waals surface area contributed by atoms with Gasteiger partial charge in [0.2, 0.25) is 0 Å². The van der Waals surface area contributed by atoms with Crippen LogP contribution in [0.3, 0.4) is 0 Å². The third-order valence-electron chi connectivity index (χ3n) is 5.40. The third kappa shape index (κ3) is 4.10. The van der Waals surface area contributed by atoms with Gasteiger partial charge in [-0.05, 0) is 36.4 Å². The fourth-order valence-electron chi connectivity index (χ4n) is 3.84. The van der Waals surface area contributed by atoms with E-state index in [1.807, 2.05) is 24.4 Å². The fraction of sp³-hybridized carbons (Fsp3) is 0.174. The Balaban J connectivity index is 1.31. The van der Waals surface area contributed by atoms with Crippen LogP contribution in [0.2, 0.25) is 5.02 Å². The maximum Gasteiger partial charge on any atom is 0.281 e. The lowest BCUT2D eigenvalue weighted by molar-refractivity contribution is -0.384. The van der Waals surface area contributed by atoms with E-state index in [-0.39, 0.29) is 5.69 Å². The zero-order valence-electron chi connectivity index (χ0n) is 16.9. The Bertz CT molecular complexity index is 1290. The summed E-state index contributed by atoms with van der Waals surface area (Å²) in [4.78, 5) is 26.5. The number of benzene rings is 1. The Morgan fingerprint density at radius 2 is 2.09 bits per heavy atom.